The summed E-state index contributed by atoms with van der Waals surface area (Å²) in [5, 5.41) is 6.22. The van der Waals surface area contributed by atoms with Crippen molar-refractivity contribution in [2.24, 2.45) is 0 Å². The van der Waals surface area contributed by atoms with E-state index < -0.39 is 11.6 Å². The topological polar surface area (TPSA) is 24.9 Å². The van der Waals surface area contributed by atoms with Crippen LogP contribution in [0.15, 0.2) is 23.6 Å². The van der Waals surface area contributed by atoms with Gasteiger partial charge in [0.1, 0.15) is 11.6 Å². The third kappa shape index (κ3) is 2.67. The van der Waals surface area contributed by atoms with E-state index in [2.05, 4.69) is 10.3 Å². The molecule has 0 saturated carbocycles. The molecule has 1 atom stereocenters. The maximum Gasteiger partial charge on any atom is 0.135 e. The second-order valence-electron chi connectivity index (χ2n) is 4.74. The Morgan fingerprint density at radius 2 is 2.21 bits per heavy atom. The first-order valence-corrected chi connectivity index (χ1v) is 7.23. The smallest absolute Gasteiger partial charge is 0.135 e. The Morgan fingerprint density at radius 3 is 2.95 bits per heavy atom. The van der Waals surface area contributed by atoms with Gasteiger partial charge in [0, 0.05) is 29.5 Å². The summed E-state index contributed by atoms with van der Waals surface area (Å²) in [4.78, 5) is 4.51. The van der Waals surface area contributed by atoms with Crippen LogP contribution in [0.4, 0.5) is 8.78 Å². The van der Waals surface area contributed by atoms with Crippen molar-refractivity contribution in [1.29, 1.82) is 0 Å². The van der Waals surface area contributed by atoms with Crippen LogP contribution >= 0.6 is 11.3 Å². The molecule has 2 nitrogen and oxygen atoms in total. The molecule has 0 amide bonds. The van der Waals surface area contributed by atoms with E-state index in [0.717, 1.165) is 37.0 Å². The van der Waals surface area contributed by atoms with Gasteiger partial charge >= 0.3 is 0 Å². The predicted octanol–water partition coefficient (Wildman–Crippen LogP) is 3.56. The van der Waals surface area contributed by atoms with Crippen LogP contribution in [0.1, 0.15) is 23.8 Å². The fourth-order valence-corrected chi connectivity index (χ4v) is 3.32. The number of hydrogen-bond donors (Lipinski definition) is 1. The number of nitrogens with zero attached hydrogens (tertiary/aromatic N) is 1. The second kappa shape index (κ2) is 5.35. The molecule has 0 radical (unpaired) electrons. The third-order valence-corrected chi connectivity index (χ3v) is 4.38. The van der Waals surface area contributed by atoms with Crippen molar-refractivity contribution in [3.63, 3.8) is 0 Å². The van der Waals surface area contributed by atoms with Crippen LogP contribution in [0.5, 0.6) is 0 Å². The van der Waals surface area contributed by atoms with Crippen molar-refractivity contribution >= 4 is 11.3 Å². The molecule has 1 aliphatic rings. The van der Waals surface area contributed by atoms with Gasteiger partial charge in [0.2, 0.25) is 0 Å². The van der Waals surface area contributed by atoms with Crippen LogP contribution in [-0.4, -0.2) is 18.1 Å². The van der Waals surface area contributed by atoms with Gasteiger partial charge in [-0.3, -0.25) is 0 Å². The van der Waals surface area contributed by atoms with E-state index in [1.807, 2.05) is 5.38 Å². The zero-order chi connectivity index (χ0) is 13.2. The highest BCUT2D eigenvalue weighted by Crippen LogP contribution is 2.31. The summed E-state index contributed by atoms with van der Waals surface area (Å²) in [6.45, 7) is 1.99. The van der Waals surface area contributed by atoms with Gasteiger partial charge < -0.3 is 5.32 Å². The van der Waals surface area contributed by atoms with Gasteiger partial charge in [-0.1, -0.05) is 0 Å². The summed E-state index contributed by atoms with van der Waals surface area (Å²) in [6, 6.07) is 3.61. The van der Waals surface area contributed by atoms with E-state index in [0.29, 0.717) is 17.2 Å². The Balaban J connectivity index is 1.87. The van der Waals surface area contributed by atoms with E-state index in [1.54, 1.807) is 11.3 Å². The van der Waals surface area contributed by atoms with Gasteiger partial charge in [-0.25, -0.2) is 13.8 Å². The molecule has 1 unspecified atom stereocenters. The van der Waals surface area contributed by atoms with Crippen LogP contribution in [0, 0.1) is 11.6 Å². The Morgan fingerprint density at radius 1 is 1.32 bits per heavy atom. The van der Waals surface area contributed by atoms with Crippen molar-refractivity contribution in [3.8, 4) is 11.3 Å². The monoisotopic (exact) mass is 280 g/mol. The highest BCUT2D eigenvalue weighted by molar-refractivity contribution is 7.10. The lowest BCUT2D eigenvalue weighted by Gasteiger charge is -2.20. The molecule has 2 heterocycles. The van der Waals surface area contributed by atoms with E-state index in [1.165, 1.54) is 12.1 Å². The maximum atomic E-state index is 13.7. The first-order valence-electron chi connectivity index (χ1n) is 6.35. The molecule has 2 aromatic rings. The molecule has 1 aliphatic heterocycles. The summed E-state index contributed by atoms with van der Waals surface area (Å²) in [7, 11) is 0. The predicted molar refractivity (Wildman–Crippen MR) is 72.3 cm³/mol. The third-order valence-electron chi connectivity index (χ3n) is 3.38. The highest BCUT2D eigenvalue weighted by atomic mass is 32.1. The molecule has 1 aromatic carbocycles. The Kier molecular flexibility index (Phi) is 3.57. The molecule has 5 heteroatoms. The average molecular weight is 280 g/mol. The van der Waals surface area contributed by atoms with Crippen molar-refractivity contribution in [2.45, 2.75) is 18.8 Å². The minimum absolute atomic E-state index is 0.368. The van der Waals surface area contributed by atoms with Crippen LogP contribution < -0.4 is 5.32 Å². The van der Waals surface area contributed by atoms with E-state index >= 15 is 0 Å². The fraction of sp³-hybridized carbons (Fsp3) is 0.357. The van der Waals surface area contributed by atoms with Gasteiger partial charge in [-0.05, 0) is 31.5 Å². The first-order chi connectivity index (χ1) is 9.24. The number of halogens is 2. The van der Waals surface area contributed by atoms with Crippen molar-refractivity contribution in [2.75, 3.05) is 13.1 Å². The average Bonchev–Trinajstić information content (AvgIpc) is 2.89. The lowest BCUT2D eigenvalue weighted by molar-refractivity contribution is 0.460. The second-order valence-corrected chi connectivity index (χ2v) is 5.63. The Bertz CT molecular complexity index is 577. The van der Waals surface area contributed by atoms with Crippen LogP contribution in [0.25, 0.3) is 11.3 Å². The van der Waals surface area contributed by atoms with E-state index in [-0.39, 0.29) is 0 Å². The first kappa shape index (κ1) is 12.7. The van der Waals surface area contributed by atoms with Crippen molar-refractivity contribution < 1.29 is 8.78 Å². The number of hydrogen-bond acceptors (Lipinski definition) is 3. The van der Waals surface area contributed by atoms with E-state index in [4.69, 9.17) is 0 Å². The molecule has 0 spiro atoms. The van der Waals surface area contributed by atoms with Crippen molar-refractivity contribution in [3.05, 3.63) is 40.2 Å². The molecule has 3 rings (SSSR count). The van der Waals surface area contributed by atoms with Crippen LogP contribution in [0.3, 0.4) is 0 Å². The number of piperidine rings is 1. The van der Waals surface area contributed by atoms with Gasteiger partial charge in [0.05, 0.1) is 10.7 Å². The molecule has 0 bridgehead atoms. The summed E-state index contributed by atoms with van der Waals surface area (Å²) < 4.78 is 26.6. The molecule has 1 saturated heterocycles. The molecule has 19 heavy (non-hydrogen) atoms. The fourth-order valence-electron chi connectivity index (χ4n) is 2.36. The Hall–Kier alpha value is -1.33. The quantitative estimate of drug-likeness (QED) is 0.910. The molecule has 100 valence electrons. The van der Waals surface area contributed by atoms with Crippen LogP contribution in [-0.2, 0) is 0 Å². The van der Waals surface area contributed by atoms with Crippen molar-refractivity contribution in [1.82, 2.24) is 10.3 Å². The molecule has 1 aromatic heterocycles. The SMILES string of the molecule is Fc1ccc(-c2csc(C3CCCNC3)n2)c(F)c1. The summed E-state index contributed by atoms with van der Waals surface area (Å²) in [5.41, 5.74) is 0.968. The van der Waals surface area contributed by atoms with Crippen LogP contribution in [0.2, 0.25) is 0 Å². The van der Waals surface area contributed by atoms with Gasteiger partial charge in [-0.2, -0.15) is 0 Å². The number of aromatic nitrogens is 1. The highest BCUT2D eigenvalue weighted by Gasteiger charge is 2.19. The standard InChI is InChI=1S/C14H14F2N2S/c15-10-3-4-11(12(16)6-10)13-8-19-14(18-13)9-2-1-5-17-7-9/h3-4,6,8-9,17H,1-2,5,7H2. The molecule has 1 N–H and O–H groups in total. The van der Waals surface area contributed by atoms with E-state index in [9.17, 15) is 8.78 Å². The number of rotatable bonds is 2. The normalized spacial score (nSPS) is 19.6. The summed E-state index contributed by atoms with van der Waals surface area (Å²) >= 11 is 1.55. The number of nitrogens with one attached hydrogen (secondary N) is 1. The number of benzene rings is 1. The zero-order valence-corrected chi connectivity index (χ0v) is 11.1. The van der Waals surface area contributed by atoms with Gasteiger partial charge in [-0.15, -0.1) is 11.3 Å². The largest absolute Gasteiger partial charge is 0.316 e. The molecular weight excluding hydrogens is 266 g/mol. The molecular formula is C14H14F2N2S. The molecule has 0 aliphatic carbocycles. The number of thiazole rings is 1. The zero-order valence-electron chi connectivity index (χ0n) is 10.3. The molecule has 1 fully saturated rings. The lowest BCUT2D eigenvalue weighted by atomic mass is 10.0. The van der Waals surface area contributed by atoms with Gasteiger partial charge in [0.15, 0.2) is 0 Å². The summed E-state index contributed by atoms with van der Waals surface area (Å²) in [6.07, 6.45) is 2.26. The minimum Gasteiger partial charge on any atom is -0.316 e. The van der Waals surface area contributed by atoms with Gasteiger partial charge in [0.25, 0.3) is 0 Å². The summed E-state index contributed by atoms with van der Waals surface area (Å²) in [5.74, 6) is -0.706. The lowest BCUT2D eigenvalue weighted by Crippen LogP contribution is -2.28. The maximum absolute atomic E-state index is 13.7. The minimum atomic E-state index is -0.562. The Labute approximate surface area is 114 Å².